The molecule has 0 aromatic carbocycles. The maximum Gasteiger partial charge on any atom is 0.0609 e. The highest BCUT2D eigenvalue weighted by atomic mass is 16.3. The number of aliphatic hydroxyl groups is 3. The van der Waals surface area contributed by atoms with Gasteiger partial charge >= 0.3 is 0 Å². The minimum atomic E-state index is -0.569. The molecule has 9 heavy (non-hydrogen) atoms. The Hall–Kier alpha value is -0.120. The van der Waals surface area contributed by atoms with E-state index in [1.54, 1.807) is 6.92 Å². The van der Waals surface area contributed by atoms with Gasteiger partial charge in [-0.25, -0.2) is 0 Å². The first-order chi connectivity index (χ1) is 4.22. The summed E-state index contributed by atoms with van der Waals surface area (Å²) in [5, 5.41) is 25.8. The van der Waals surface area contributed by atoms with E-state index in [1.165, 1.54) is 0 Å². The van der Waals surface area contributed by atoms with E-state index in [0.717, 1.165) is 0 Å². The zero-order valence-electron chi connectivity index (χ0n) is 5.62. The van der Waals surface area contributed by atoms with Gasteiger partial charge in [0.2, 0.25) is 0 Å². The molecule has 0 aliphatic heterocycles. The predicted molar refractivity (Wildman–Crippen MR) is 34.0 cm³/mol. The van der Waals surface area contributed by atoms with Gasteiger partial charge in [0, 0.05) is 19.1 Å². The van der Waals surface area contributed by atoms with E-state index in [-0.39, 0.29) is 19.1 Å². The Morgan fingerprint density at radius 3 is 2.22 bits per heavy atom. The van der Waals surface area contributed by atoms with Crippen LogP contribution in [0.3, 0.4) is 0 Å². The Labute approximate surface area is 54.9 Å². The van der Waals surface area contributed by atoms with Crippen LogP contribution < -0.4 is 0 Å². The second kappa shape index (κ2) is 4.73. The molecule has 0 aliphatic carbocycles. The maximum atomic E-state index is 9.00. The lowest BCUT2D eigenvalue weighted by Crippen LogP contribution is -2.21. The third-order valence-electron chi connectivity index (χ3n) is 1.37. The van der Waals surface area contributed by atoms with Gasteiger partial charge in [-0.2, -0.15) is 0 Å². The molecule has 0 heterocycles. The van der Waals surface area contributed by atoms with Crippen molar-refractivity contribution in [2.45, 2.75) is 19.4 Å². The molecule has 3 nitrogen and oxygen atoms in total. The third kappa shape index (κ3) is 3.46. The van der Waals surface area contributed by atoms with Gasteiger partial charge in [-0.15, -0.1) is 0 Å². The largest absolute Gasteiger partial charge is 0.396 e. The molecule has 56 valence electrons. The fraction of sp³-hybridized carbons (Fsp3) is 1.00. The second-order valence-electron chi connectivity index (χ2n) is 2.24. The number of hydrogen-bond acceptors (Lipinski definition) is 3. The van der Waals surface area contributed by atoms with Crippen molar-refractivity contribution in [3.05, 3.63) is 0 Å². The molecule has 2 atom stereocenters. The number of hydrogen-bond donors (Lipinski definition) is 3. The highest BCUT2D eigenvalue weighted by molar-refractivity contribution is 4.61. The Balaban J connectivity index is 3.32. The zero-order valence-corrected chi connectivity index (χ0v) is 5.62. The standard InChI is InChI=1S/C6H14O3/c1-5(4-8)6(9)2-3-7/h5-9H,2-4H2,1H3/t5-,6-/m1/s1. The minimum absolute atomic E-state index is 0.0223. The average molecular weight is 134 g/mol. The van der Waals surface area contributed by atoms with Gasteiger partial charge in [0.05, 0.1) is 6.10 Å². The molecular weight excluding hydrogens is 120 g/mol. The quantitative estimate of drug-likeness (QED) is 0.479. The molecule has 0 spiro atoms. The molecule has 0 aromatic heterocycles. The van der Waals surface area contributed by atoms with E-state index in [2.05, 4.69) is 0 Å². The van der Waals surface area contributed by atoms with E-state index in [1.807, 2.05) is 0 Å². The van der Waals surface area contributed by atoms with Crippen LogP contribution in [0.15, 0.2) is 0 Å². The smallest absolute Gasteiger partial charge is 0.0609 e. The summed E-state index contributed by atoms with van der Waals surface area (Å²) in [5.41, 5.74) is 0. The number of rotatable bonds is 4. The third-order valence-corrected chi connectivity index (χ3v) is 1.37. The van der Waals surface area contributed by atoms with Crippen molar-refractivity contribution < 1.29 is 15.3 Å². The lowest BCUT2D eigenvalue weighted by Gasteiger charge is -2.14. The molecule has 3 heteroatoms. The van der Waals surface area contributed by atoms with Crippen LogP contribution in [0.2, 0.25) is 0 Å². The van der Waals surface area contributed by atoms with Crippen molar-refractivity contribution >= 4 is 0 Å². The Morgan fingerprint density at radius 2 is 1.89 bits per heavy atom. The zero-order chi connectivity index (χ0) is 7.28. The van der Waals surface area contributed by atoms with Crippen LogP contribution in [0.25, 0.3) is 0 Å². The van der Waals surface area contributed by atoms with Gasteiger partial charge in [-0.1, -0.05) is 6.92 Å². The summed E-state index contributed by atoms with van der Waals surface area (Å²) in [6, 6.07) is 0. The normalized spacial score (nSPS) is 17.3. The molecule has 0 radical (unpaired) electrons. The summed E-state index contributed by atoms with van der Waals surface area (Å²) in [6.07, 6.45) is -0.221. The molecule has 0 fully saturated rings. The average Bonchev–Trinajstić information content (AvgIpc) is 1.87. The topological polar surface area (TPSA) is 60.7 Å². The van der Waals surface area contributed by atoms with Gasteiger partial charge in [0.25, 0.3) is 0 Å². The van der Waals surface area contributed by atoms with Crippen molar-refractivity contribution in [3.8, 4) is 0 Å². The van der Waals surface area contributed by atoms with E-state index >= 15 is 0 Å². The van der Waals surface area contributed by atoms with Crippen LogP contribution in [0.4, 0.5) is 0 Å². The lowest BCUT2D eigenvalue weighted by atomic mass is 10.0. The second-order valence-corrected chi connectivity index (χ2v) is 2.24. The van der Waals surface area contributed by atoms with Crippen LogP contribution >= 0.6 is 0 Å². The van der Waals surface area contributed by atoms with Crippen LogP contribution in [0.1, 0.15) is 13.3 Å². The van der Waals surface area contributed by atoms with Crippen molar-refractivity contribution in [3.63, 3.8) is 0 Å². The van der Waals surface area contributed by atoms with Crippen LogP contribution in [-0.4, -0.2) is 34.6 Å². The van der Waals surface area contributed by atoms with Crippen molar-refractivity contribution in [2.24, 2.45) is 5.92 Å². The molecule has 0 saturated heterocycles. The minimum Gasteiger partial charge on any atom is -0.396 e. The predicted octanol–water partition coefficient (Wildman–Crippen LogP) is -0.642. The molecule has 0 aromatic rings. The molecule has 0 amide bonds. The highest BCUT2D eigenvalue weighted by Crippen LogP contribution is 2.04. The molecule has 0 unspecified atom stereocenters. The first-order valence-corrected chi connectivity index (χ1v) is 3.12. The first-order valence-electron chi connectivity index (χ1n) is 3.12. The highest BCUT2D eigenvalue weighted by Gasteiger charge is 2.11. The molecule has 0 rings (SSSR count). The fourth-order valence-corrected chi connectivity index (χ4v) is 0.538. The summed E-state index contributed by atoms with van der Waals surface area (Å²) in [5.74, 6) is -0.128. The summed E-state index contributed by atoms with van der Waals surface area (Å²) in [6.45, 7) is 1.69. The van der Waals surface area contributed by atoms with Gasteiger partial charge < -0.3 is 15.3 Å². The van der Waals surface area contributed by atoms with Crippen molar-refractivity contribution in [1.29, 1.82) is 0 Å². The monoisotopic (exact) mass is 134 g/mol. The first kappa shape index (κ1) is 8.88. The van der Waals surface area contributed by atoms with Crippen molar-refractivity contribution in [2.75, 3.05) is 13.2 Å². The summed E-state index contributed by atoms with van der Waals surface area (Å²) >= 11 is 0. The van der Waals surface area contributed by atoms with E-state index in [4.69, 9.17) is 15.3 Å². The molecule has 3 N–H and O–H groups in total. The van der Waals surface area contributed by atoms with Gasteiger partial charge in [-0.3, -0.25) is 0 Å². The van der Waals surface area contributed by atoms with E-state index in [0.29, 0.717) is 6.42 Å². The summed E-state index contributed by atoms with van der Waals surface area (Å²) in [7, 11) is 0. The lowest BCUT2D eigenvalue weighted by molar-refractivity contribution is 0.0563. The molecular formula is C6H14O3. The van der Waals surface area contributed by atoms with E-state index in [9.17, 15) is 0 Å². The van der Waals surface area contributed by atoms with Crippen LogP contribution in [0.5, 0.6) is 0 Å². The SMILES string of the molecule is C[C@H](CO)[C@H](O)CCO. The molecule has 0 aliphatic rings. The van der Waals surface area contributed by atoms with Crippen molar-refractivity contribution in [1.82, 2.24) is 0 Å². The Morgan fingerprint density at radius 1 is 1.33 bits per heavy atom. The van der Waals surface area contributed by atoms with E-state index < -0.39 is 6.10 Å². The Kier molecular flexibility index (Phi) is 4.67. The fourth-order valence-electron chi connectivity index (χ4n) is 0.538. The van der Waals surface area contributed by atoms with Gasteiger partial charge in [0.1, 0.15) is 0 Å². The summed E-state index contributed by atoms with van der Waals surface area (Å²) in [4.78, 5) is 0. The van der Waals surface area contributed by atoms with Crippen LogP contribution in [0, 0.1) is 5.92 Å². The summed E-state index contributed by atoms with van der Waals surface area (Å²) < 4.78 is 0. The van der Waals surface area contributed by atoms with Gasteiger partial charge in [-0.05, 0) is 6.42 Å². The number of aliphatic hydroxyl groups excluding tert-OH is 3. The van der Waals surface area contributed by atoms with Gasteiger partial charge in [0.15, 0.2) is 0 Å². The molecule has 0 bridgehead atoms. The maximum absolute atomic E-state index is 9.00. The van der Waals surface area contributed by atoms with Crippen LogP contribution in [-0.2, 0) is 0 Å². The molecule has 0 saturated carbocycles. The Bertz CT molecular complexity index is 65.3.